The lowest BCUT2D eigenvalue weighted by molar-refractivity contribution is 0.166. The summed E-state index contributed by atoms with van der Waals surface area (Å²) in [5.41, 5.74) is 2.50. The Labute approximate surface area is 151 Å². The quantitative estimate of drug-likeness (QED) is 0.839. The molecule has 1 aliphatic carbocycles. The Balaban J connectivity index is 1.58. The van der Waals surface area contributed by atoms with E-state index in [4.69, 9.17) is 4.42 Å². The molecule has 3 atom stereocenters. The maximum absolute atomic E-state index is 5.87. The molecule has 0 saturated heterocycles. The molecule has 0 unspecified atom stereocenters. The molecule has 1 heterocycles. The fraction of sp³-hybridized carbons (Fsp3) is 0.619. The normalized spacial score (nSPS) is 24.0. The van der Waals surface area contributed by atoms with Crippen molar-refractivity contribution in [2.45, 2.75) is 66.0 Å². The lowest BCUT2D eigenvalue weighted by atomic mass is 9.74. The number of aryl methyl sites for hydroxylation is 1. The predicted octanol–water partition coefficient (Wildman–Crippen LogP) is 4.52. The Hall–Kier alpha value is -1.68. The predicted molar refractivity (Wildman–Crippen MR) is 100 cm³/mol. The topological polar surface area (TPSA) is 51.0 Å². The monoisotopic (exact) mass is 341 g/mol. The summed E-state index contributed by atoms with van der Waals surface area (Å²) >= 11 is 0. The van der Waals surface area contributed by atoms with E-state index in [0.29, 0.717) is 36.7 Å². The van der Waals surface area contributed by atoms with Crippen molar-refractivity contribution in [2.24, 2.45) is 17.8 Å². The van der Waals surface area contributed by atoms with Gasteiger partial charge < -0.3 is 9.73 Å². The van der Waals surface area contributed by atoms with E-state index in [2.05, 4.69) is 67.5 Å². The first kappa shape index (κ1) is 18.1. The number of rotatable bonds is 6. The first-order valence-electron chi connectivity index (χ1n) is 9.62. The van der Waals surface area contributed by atoms with Crippen LogP contribution in [0.25, 0.3) is 0 Å². The molecule has 0 bridgehead atoms. The molecule has 4 heteroatoms. The molecule has 1 aliphatic rings. The van der Waals surface area contributed by atoms with Crippen LogP contribution in [0.2, 0.25) is 0 Å². The average Bonchev–Trinajstić information content (AvgIpc) is 3.02. The summed E-state index contributed by atoms with van der Waals surface area (Å²) in [5.74, 6) is 3.65. The van der Waals surface area contributed by atoms with Crippen LogP contribution in [0, 0.1) is 24.7 Å². The Kier molecular flexibility index (Phi) is 5.89. The van der Waals surface area contributed by atoms with Gasteiger partial charge in [-0.2, -0.15) is 0 Å². The van der Waals surface area contributed by atoms with Gasteiger partial charge in [0, 0.05) is 6.04 Å². The molecular weight excluding hydrogens is 310 g/mol. The minimum atomic E-state index is 0.551. The van der Waals surface area contributed by atoms with Crippen LogP contribution >= 0.6 is 0 Å². The van der Waals surface area contributed by atoms with Gasteiger partial charge in [-0.05, 0) is 48.6 Å². The Morgan fingerprint density at radius 2 is 1.92 bits per heavy atom. The van der Waals surface area contributed by atoms with E-state index in [9.17, 15) is 0 Å². The molecular formula is C21H31N3O. The highest BCUT2D eigenvalue weighted by atomic mass is 16.4. The molecule has 4 nitrogen and oxygen atoms in total. The number of nitrogens with zero attached hydrogens (tertiary/aromatic N) is 2. The highest BCUT2D eigenvalue weighted by Crippen LogP contribution is 2.33. The summed E-state index contributed by atoms with van der Waals surface area (Å²) in [6, 6.07) is 8.89. The molecule has 1 saturated carbocycles. The molecule has 0 spiro atoms. The van der Waals surface area contributed by atoms with Gasteiger partial charge in [0.25, 0.3) is 0 Å². The third-order valence-corrected chi connectivity index (χ3v) is 5.65. The molecule has 0 amide bonds. The average molecular weight is 341 g/mol. The summed E-state index contributed by atoms with van der Waals surface area (Å²) in [4.78, 5) is 0. The van der Waals surface area contributed by atoms with Gasteiger partial charge in [-0.25, -0.2) is 0 Å². The van der Waals surface area contributed by atoms with Gasteiger partial charge in [0.1, 0.15) is 0 Å². The van der Waals surface area contributed by atoms with E-state index in [1.807, 2.05) is 0 Å². The molecule has 2 aromatic rings. The molecule has 1 N–H and O–H groups in total. The minimum absolute atomic E-state index is 0.551. The summed E-state index contributed by atoms with van der Waals surface area (Å²) < 4.78 is 5.87. The molecule has 0 aliphatic heterocycles. The van der Waals surface area contributed by atoms with E-state index in [1.54, 1.807) is 0 Å². The lowest BCUT2D eigenvalue weighted by Crippen LogP contribution is -2.42. The van der Waals surface area contributed by atoms with Gasteiger partial charge in [-0.3, -0.25) is 0 Å². The largest absolute Gasteiger partial charge is 0.424 e. The molecule has 1 aromatic carbocycles. The molecule has 0 radical (unpaired) electrons. The van der Waals surface area contributed by atoms with Crippen LogP contribution in [0.3, 0.4) is 0 Å². The molecule has 1 aromatic heterocycles. The van der Waals surface area contributed by atoms with Crippen LogP contribution in [-0.4, -0.2) is 16.2 Å². The van der Waals surface area contributed by atoms with E-state index < -0.39 is 0 Å². The molecule has 3 rings (SSSR count). The molecule has 136 valence electrons. The summed E-state index contributed by atoms with van der Waals surface area (Å²) in [7, 11) is 0. The maximum Gasteiger partial charge on any atom is 0.230 e. The molecule has 25 heavy (non-hydrogen) atoms. The minimum Gasteiger partial charge on any atom is -0.424 e. The Morgan fingerprint density at radius 3 is 2.68 bits per heavy atom. The number of hydrogen-bond donors (Lipinski definition) is 1. The van der Waals surface area contributed by atoms with Gasteiger partial charge in [0.05, 0.1) is 13.0 Å². The van der Waals surface area contributed by atoms with Crippen LogP contribution < -0.4 is 5.32 Å². The summed E-state index contributed by atoms with van der Waals surface area (Å²) in [5, 5.41) is 12.2. The van der Waals surface area contributed by atoms with Crippen molar-refractivity contribution in [2.75, 3.05) is 0 Å². The smallest absolute Gasteiger partial charge is 0.230 e. The highest BCUT2D eigenvalue weighted by Gasteiger charge is 2.30. The van der Waals surface area contributed by atoms with E-state index in [1.165, 1.54) is 30.4 Å². The van der Waals surface area contributed by atoms with E-state index in [0.717, 1.165) is 11.8 Å². The second-order valence-corrected chi connectivity index (χ2v) is 8.01. The highest BCUT2D eigenvalue weighted by molar-refractivity contribution is 5.27. The second-order valence-electron chi connectivity index (χ2n) is 8.01. The van der Waals surface area contributed by atoms with Crippen molar-refractivity contribution >= 4 is 0 Å². The number of nitrogens with one attached hydrogen (secondary N) is 1. The fourth-order valence-electron chi connectivity index (χ4n) is 4.06. The van der Waals surface area contributed by atoms with Gasteiger partial charge in [-0.1, -0.05) is 51.5 Å². The van der Waals surface area contributed by atoms with E-state index in [-0.39, 0.29) is 0 Å². The standard InChI is InChI=1S/C21H31N3O/c1-14(2)18-10-9-15(3)11-19(18)22-13-21-24-23-20(25-21)12-17-8-6-5-7-16(17)4/h5-8,14-15,18-19,22H,9-13H2,1-4H3/t15-,18-,19-/m1/s1. The van der Waals surface area contributed by atoms with Crippen LogP contribution in [-0.2, 0) is 13.0 Å². The van der Waals surface area contributed by atoms with Crippen molar-refractivity contribution in [3.63, 3.8) is 0 Å². The number of aromatic nitrogens is 2. The van der Waals surface area contributed by atoms with Gasteiger partial charge in [0.15, 0.2) is 0 Å². The van der Waals surface area contributed by atoms with Crippen LogP contribution in [0.15, 0.2) is 28.7 Å². The van der Waals surface area contributed by atoms with Crippen LogP contribution in [0.4, 0.5) is 0 Å². The first-order valence-corrected chi connectivity index (χ1v) is 9.62. The number of benzene rings is 1. The Morgan fingerprint density at radius 1 is 1.16 bits per heavy atom. The van der Waals surface area contributed by atoms with Crippen LogP contribution in [0.5, 0.6) is 0 Å². The zero-order valence-corrected chi connectivity index (χ0v) is 16.0. The lowest BCUT2D eigenvalue weighted by Gasteiger charge is -2.37. The Bertz CT molecular complexity index is 679. The van der Waals surface area contributed by atoms with Gasteiger partial charge in [0.2, 0.25) is 11.8 Å². The SMILES string of the molecule is Cc1ccccc1Cc1nnc(CN[C@@H]2C[C@H](C)CC[C@@H]2C(C)C)o1. The van der Waals surface area contributed by atoms with E-state index >= 15 is 0 Å². The van der Waals surface area contributed by atoms with Gasteiger partial charge >= 0.3 is 0 Å². The van der Waals surface area contributed by atoms with Crippen molar-refractivity contribution in [1.29, 1.82) is 0 Å². The van der Waals surface area contributed by atoms with Crippen molar-refractivity contribution < 1.29 is 4.42 Å². The number of hydrogen-bond acceptors (Lipinski definition) is 4. The first-order chi connectivity index (χ1) is 12.0. The molecule has 1 fully saturated rings. The van der Waals surface area contributed by atoms with Crippen LogP contribution in [0.1, 0.15) is 62.9 Å². The third-order valence-electron chi connectivity index (χ3n) is 5.65. The zero-order valence-electron chi connectivity index (χ0n) is 16.0. The summed E-state index contributed by atoms with van der Waals surface area (Å²) in [6.45, 7) is 9.81. The van der Waals surface area contributed by atoms with Gasteiger partial charge in [-0.15, -0.1) is 10.2 Å². The van der Waals surface area contributed by atoms with Crippen molar-refractivity contribution in [3.8, 4) is 0 Å². The van der Waals surface area contributed by atoms with Crippen molar-refractivity contribution in [1.82, 2.24) is 15.5 Å². The van der Waals surface area contributed by atoms with Crippen molar-refractivity contribution in [3.05, 3.63) is 47.2 Å². The third kappa shape index (κ3) is 4.69. The maximum atomic E-state index is 5.87. The second kappa shape index (κ2) is 8.13. The summed E-state index contributed by atoms with van der Waals surface area (Å²) in [6.07, 6.45) is 4.61. The zero-order chi connectivity index (χ0) is 17.8. The fourth-order valence-corrected chi connectivity index (χ4v) is 4.06.